The molecular formula is C12H20N4O. The molecule has 1 fully saturated rings. The van der Waals surface area contributed by atoms with Crippen LogP contribution < -0.4 is 0 Å². The van der Waals surface area contributed by atoms with Crippen molar-refractivity contribution >= 4 is 5.91 Å². The van der Waals surface area contributed by atoms with E-state index < -0.39 is 0 Å². The molecule has 17 heavy (non-hydrogen) atoms. The van der Waals surface area contributed by atoms with Gasteiger partial charge in [0.1, 0.15) is 0 Å². The molecule has 0 aliphatic carbocycles. The number of carbonyl (C=O) groups excluding carboxylic acids is 1. The topological polar surface area (TPSA) is 52.2 Å². The minimum Gasteiger partial charge on any atom is -0.339 e. The van der Waals surface area contributed by atoms with E-state index >= 15 is 0 Å². The second-order valence-electron chi connectivity index (χ2n) is 4.57. The zero-order valence-corrected chi connectivity index (χ0v) is 10.5. The third-order valence-electron chi connectivity index (χ3n) is 3.62. The van der Waals surface area contributed by atoms with Crippen LogP contribution in [0, 0.1) is 0 Å². The summed E-state index contributed by atoms with van der Waals surface area (Å²) < 4.78 is 0. The van der Waals surface area contributed by atoms with Crippen molar-refractivity contribution < 1.29 is 4.79 Å². The summed E-state index contributed by atoms with van der Waals surface area (Å²) in [5.41, 5.74) is 0.644. The largest absolute Gasteiger partial charge is 0.339 e. The SMILES string of the molecule is CCN1CCC(N(C)C(=O)c2cn[nH]c2)CC1. The number of aromatic amines is 1. The van der Waals surface area contributed by atoms with Crippen molar-refractivity contribution in [2.75, 3.05) is 26.7 Å². The van der Waals surface area contributed by atoms with Crippen LogP contribution in [0.2, 0.25) is 0 Å². The van der Waals surface area contributed by atoms with Crippen LogP contribution in [0.25, 0.3) is 0 Å². The highest BCUT2D eigenvalue weighted by Crippen LogP contribution is 2.16. The van der Waals surface area contributed by atoms with Crippen molar-refractivity contribution in [1.82, 2.24) is 20.0 Å². The van der Waals surface area contributed by atoms with E-state index in [-0.39, 0.29) is 5.91 Å². The van der Waals surface area contributed by atoms with Gasteiger partial charge < -0.3 is 9.80 Å². The van der Waals surface area contributed by atoms with Crippen molar-refractivity contribution in [1.29, 1.82) is 0 Å². The number of piperidine rings is 1. The van der Waals surface area contributed by atoms with E-state index in [4.69, 9.17) is 0 Å². The Bertz CT molecular complexity index is 355. The van der Waals surface area contributed by atoms with Crippen LogP contribution in [0.4, 0.5) is 0 Å². The smallest absolute Gasteiger partial charge is 0.257 e. The molecule has 1 aromatic rings. The molecule has 1 aromatic heterocycles. The van der Waals surface area contributed by atoms with Crippen LogP contribution in [0.15, 0.2) is 12.4 Å². The minimum atomic E-state index is 0.0636. The fourth-order valence-electron chi connectivity index (χ4n) is 2.36. The van der Waals surface area contributed by atoms with Gasteiger partial charge in [-0.2, -0.15) is 5.10 Å². The van der Waals surface area contributed by atoms with Gasteiger partial charge in [-0.05, 0) is 19.4 Å². The predicted octanol–water partition coefficient (Wildman–Crippen LogP) is 0.966. The molecule has 0 saturated carbocycles. The highest BCUT2D eigenvalue weighted by molar-refractivity contribution is 5.93. The Morgan fingerprint density at radius 2 is 2.29 bits per heavy atom. The molecule has 2 heterocycles. The van der Waals surface area contributed by atoms with Gasteiger partial charge in [-0.25, -0.2) is 0 Å². The van der Waals surface area contributed by atoms with Crippen molar-refractivity contribution in [2.24, 2.45) is 0 Å². The number of hydrogen-bond donors (Lipinski definition) is 1. The zero-order valence-electron chi connectivity index (χ0n) is 10.5. The molecule has 0 spiro atoms. The first-order valence-electron chi connectivity index (χ1n) is 6.20. The Kier molecular flexibility index (Phi) is 3.78. The maximum atomic E-state index is 12.1. The average molecular weight is 236 g/mol. The molecule has 0 atom stereocenters. The van der Waals surface area contributed by atoms with Gasteiger partial charge in [0, 0.05) is 32.4 Å². The first-order valence-corrected chi connectivity index (χ1v) is 6.20. The lowest BCUT2D eigenvalue weighted by Gasteiger charge is -2.36. The molecule has 0 bridgehead atoms. The number of H-pyrrole nitrogens is 1. The lowest BCUT2D eigenvalue weighted by atomic mass is 10.0. The van der Waals surface area contributed by atoms with Crippen molar-refractivity contribution in [3.05, 3.63) is 18.0 Å². The maximum Gasteiger partial charge on any atom is 0.257 e. The zero-order chi connectivity index (χ0) is 12.3. The molecule has 1 amide bonds. The van der Waals surface area contributed by atoms with Crippen LogP contribution in [-0.4, -0.2) is 58.6 Å². The summed E-state index contributed by atoms with van der Waals surface area (Å²) in [7, 11) is 1.89. The van der Waals surface area contributed by atoms with Gasteiger partial charge >= 0.3 is 0 Å². The Labute approximate surface area is 102 Å². The third-order valence-corrected chi connectivity index (χ3v) is 3.62. The number of rotatable bonds is 3. The van der Waals surface area contributed by atoms with Crippen LogP contribution in [0.5, 0.6) is 0 Å². The molecule has 5 nitrogen and oxygen atoms in total. The molecule has 1 N–H and O–H groups in total. The molecule has 94 valence electrons. The summed E-state index contributed by atoms with van der Waals surface area (Å²) in [6, 6.07) is 0.361. The monoisotopic (exact) mass is 236 g/mol. The number of amides is 1. The first-order chi connectivity index (χ1) is 8.22. The molecule has 5 heteroatoms. The molecular weight excluding hydrogens is 216 g/mol. The predicted molar refractivity (Wildman–Crippen MR) is 65.8 cm³/mol. The summed E-state index contributed by atoms with van der Waals surface area (Å²) in [6.45, 7) is 5.46. The molecule has 1 aliphatic heterocycles. The van der Waals surface area contributed by atoms with E-state index in [0.29, 0.717) is 11.6 Å². The molecule has 0 radical (unpaired) electrons. The average Bonchev–Trinajstić information content (AvgIpc) is 2.91. The molecule has 0 aromatic carbocycles. The highest BCUT2D eigenvalue weighted by atomic mass is 16.2. The van der Waals surface area contributed by atoms with Gasteiger partial charge in [0.25, 0.3) is 5.91 Å². The van der Waals surface area contributed by atoms with Crippen LogP contribution in [0.1, 0.15) is 30.1 Å². The van der Waals surface area contributed by atoms with E-state index in [9.17, 15) is 4.79 Å². The van der Waals surface area contributed by atoms with Crippen molar-refractivity contribution in [3.63, 3.8) is 0 Å². The quantitative estimate of drug-likeness (QED) is 0.850. The summed E-state index contributed by atoms with van der Waals surface area (Å²) in [5.74, 6) is 0.0636. The number of carbonyl (C=O) groups is 1. The first kappa shape index (κ1) is 12.1. The lowest BCUT2D eigenvalue weighted by molar-refractivity contribution is 0.0647. The molecule has 2 rings (SSSR count). The van der Waals surface area contributed by atoms with Gasteiger partial charge in [0.2, 0.25) is 0 Å². The van der Waals surface area contributed by atoms with E-state index in [1.54, 1.807) is 12.4 Å². The minimum absolute atomic E-state index is 0.0636. The fourth-order valence-corrected chi connectivity index (χ4v) is 2.36. The summed E-state index contributed by atoms with van der Waals surface area (Å²) in [4.78, 5) is 16.4. The van der Waals surface area contributed by atoms with E-state index in [1.807, 2.05) is 11.9 Å². The van der Waals surface area contributed by atoms with Gasteiger partial charge in [-0.1, -0.05) is 6.92 Å². The maximum absolute atomic E-state index is 12.1. The van der Waals surface area contributed by atoms with Gasteiger partial charge in [-0.3, -0.25) is 9.89 Å². The number of nitrogens with zero attached hydrogens (tertiary/aromatic N) is 3. The summed E-state index contributed by atoms with van der Waals surface area (Å²) in [6.07, 6.45) is 5.36. The number of nitrogens with one attached hydrogen (secondary N) is 1. The highest BCUT2D eigenvalue weighted by Gasteiger charge is 2.25. The standard InChI is InChI=1S/C12H20N4O/c1-3-16-6-4-11(5-7-16)15(2)12(17)10-8-13-14-9-10/h8-9,11H,3-7H2,1-2H3,(H,13,14). The Hall–Kier alpha value is -1.36. The second kappa shape index (κ2) is 5.31. The molecule has 0 unspecified atom stereocenters. The third kappa shape index (κ3) is 2.66. The molecule has 1 saturated heterocycles. The van der Waals surface area contributed by atoms with Crippen LogP contribution >= 0.6 is 0 Å². The lowest BCUT2D eigenvalue weighted by Crippen LogP contribution is -2.45. The van der Waals surface area contributed by atoms with E-state index in [0.717, 1.165) is 32.5 Å². The summed E-state index contributed by atoms with van der Waals surface area (Å²) in [5, 5.41) is 6.49. The summed E-state index contributed by atoms with van der Waals surface area (Å²) >= 11 is 0. The number of likely N-dealkylation sites (tertiary alicyclic amines) is 1. The number of hydrogen-bond acceptors (Lipinski definition) is 3. The normalized spacial score (nSPS) is 18.2. The fraction of sp³-hybridized carbons (Fsp3) is 0.667. The second-order valence-corrected chi connectivity index (χ2v) is 4.57. The van der Waals surface area contributed by atoms with Crippen LogP contribution in [0.3, 0.4) is 0 Å². The van der Waals surface area contributed by atoms with Gasteiger partial charge in [0.15, 0.2) is 0 Å². The number of aromatic nitrogens is 2. The van der Waals surface area contributed by atoms with E-state index in [1.165, 1.54) is 0 Å². The van der Waals surface area contributed by atoms with Gasteiger partial charge in [0.05, 0.1) is 11.8 Å². The van der Waals surface area contributed by atoms with E-state index in [2.05, 4.69) is 22.0 Å². The van der Waals surface area contributed by atoms with Crippen molar-refractivity contribution in [2.45, 2.75) is 25.8 Å². The molecule has 1 aliphatic rings. The Morgan fingerprint density at radius 1 is 1.59 bits per heavy atom. The van der Waals surface area contributed by atoms with Crippen molar-refractivity contribution in [3.8, 4) is 0 Å². The van der Waals surface area contributed by atoms with Gasteiger partial charge in [-0.15, -0.1) is 0 Å². The van der Waals surface area contributed by atoms with Crippen LogP contribution in [-0.2, 0) is 0 Å². The Balaban J connectivity index is 1.92. The Morgan fingerprint density at radius 3 is 2.82 bits per heavy atom.